The second kappa shape index (κ2) is 8.69. The van der Waals surface area contributed by atoms with Gasteiger partial charge >= 0.3 is 0 Å². The minimum Gasteiger partial charge on any atom is -0.484 e. The molecule has 0 spiro atoms. The van der Waals surface area contributed by atoms with Crippen molar-refractivity contribution in [2.75, 3.05) is 6.54 Å². The number of likely N-dealkylation sites (tertiary alicyclic amines) is 1. The van der Waals surface area contributed by atoms with Gasteiger partial charge in [0.15, 0.2) is 12.4 Å². The van der Waals surface area contributed by atoms with E-state index in [2.05, 4.69) is 15.2 Å². The molecule has 0 radical (unpaired) electrons. The lowest BCUT2D eigenvalue weighted by Crippen LogP contribution is -2.41. The zero-order valence-electron chi connectivity index (χ0n) is 17.7. The number of amides is 1. The Balaban J connectivity index is 1.43. The number of aromatic nitrogens is 4. The highest BCUT2D eigenvalue weighted by Crippen LogP contribution is 2.29. The average Bonchev–Trinajstić information content (AvgIpc) is 3.33. The Morgan fingerprint density at radius 1 is 1.20 bits per heavy atom. The Hall–Kier alpha value is -3.16. The van der Waals surface area contributed by atoms with Crippen LogP contribution < -0.4 is 4.74 Å². The van der Waals surface area contributed by atoms with Gasteiger partial charge in [-0.25, -0.2) is 0 Å². The van der Waals surface area contributed by atoms with Crippen LogP contribution in [0.2, 0.25) is 0 Å². The molecule has 0 aliphatic carbocycles. The first-order valence-electron chi connectivity index (χ1n) is 10.3. The molecule has 158 valence electrons. The van der Waals surface area contributed by atoms with Crippen LogP contribution in [0.25, 0.3) is 0 Å². The van der Waals surface area contributed by atoms with Crippen molar-refractivity contribution >= 4 is 5.91 Å². The van der Waals surface area contributed by atoms with Crippen LogP contribution in [0.3, 0.4) is 0 Å². The number of ether oxygens (including phenoxy) is 1. The summed E-state index contributed by atoms with van der Waals surface area (Å²) in [7, 11) is 0. The monoisotopic (exact) mass is 409 g/mol. The third kappa shape index (κ3) is 4.53. The van der Waals surface area contributed by atoms with Crippen molar-refractivity contribution in [1.29, 1.82) is 0 Å². The van der Waals surface area contributed by atoms with Crippen LogP contribution in [-0.4, -0.2) is 37.3 Å². The molecule has 4 rings (SSSR count). The molecule has 2 aromatic heterocycles. The van der Waals surface area contributed by atoms with E-state index in [1.165, 1.54) is 5.56 Å². The maximum Gasteiger partial charge on any atom is 0.264 e. The molecule has 1 aliphatic heterocycles. The summed E-state index contributed by atoms with van der Waals surface area (Å²) in [6.45, 7) is 7.02. The Morgan fingerprint density at radius 3 is 2.73 bits per heavy atom. The van der Waals surface area contributed by atoms with Gasteiger partial charge in [-0.3, -0.25) is 9.48 Å². The number of rotatable bonds is 6. The molecule has 3 aromatic rings. The highest BCUT2D eigenvalue weighted by atomic mass is 16.5. The topological polar surface area (TPSA) is 86.3 Å². The number of hydrogen-bond donors (Lipinski definition) is 0. The molecule has 8 nitrogen and oxygen atoms in total. The maximum atomic E-state index is 13.0. The normalized spacial score (nSPS) is 16.6. The Kier molecular flexibility index (Phi) is 5.83. The van der Waals surface area contributed by atoms with Gasteiger partial charge < -0.3 is 14.2 Å². The number of benzene rings is 1. The fourth-order valence-electron chi connectivity index (χ4n) is 3.79. The molecule has 3 heterocycles. The molecule has 1 fully saturated rings. The first-order valence-corrected chi connectivity index (χ1v) is 10.3. The molecule has 0 saturated carbocycles. The van der Waals surface area contributed by atoms with Crippen molar-refractivity contribution in [3.05, 3.63) is 59.0 Å². The van der Waals surface area contributed by atoms with Gasteiger partial charge in [0.1, 0.15) is 12.3 Å². The molecule has 30 heavy (non-hydrogen) atoms. The first kappa shape index (κ1) is 20.1. The third-order valence-electron chi connectivity index (χ3n) is 5.38. The van der Waals surface area contributed by atoms with E-state index in [0.29, 0.717) is 18.3 Å². The number of carbonyl (C=O) groups excluding carboxylic acids is 1. The van der Waals surface area contributed by atoms with E-state index in [1.807, 2.05) is 56.0 Å². The van der Waals surface area contributed by atoms with E-state index in [0.717, 1.165) is 36.4 Å². The molecule has 1 unspecified atom stereocenters. The summed E-state index contributed by atoms with van der Waals surface area (Å²) in [5, 5.41) is 8.55. The van der Waals surface area contributed by atoms with Crippen molar-refractivity contribution in [2.24, 2.45) is 0 Å². The van der Waals surface area contributed by atoms with Crippen molar-refractivity contribution in [3.63, 3.8) is 0 Å². The quantitative estimate of drug-likeness (QED) is 0.619. The zero-order valence-corrected chi connectivity index (χ0v) is 17.7. The molecule has 1 aromatic carbocycles. The SMILES string of the molecule is Cc1ccc(OCc2nc(C3CCCCN3C(=O)Cn3nc(C)cc3C)no2)cc1. The average molecular weight is 409 g/mol. The lowest BCUT2D eigenvalue weighted by atomic mass is 10.0. The minimum atomic E-state index is -0.180. The number of carbonyl (C=O) groups is 1. The van der Waals surface area contributed by atoms with E-state index >= 15 is 0 Å². The van der Waals surface area contributed by atoms with E-state index in [4.69, 9.17) is 9.26 Å². The van der Waals surface area contributed by atoms with Crippen molar-refractivity contribution in [2.45, 2.75) is 59.2 Å². The summed E-state index contributed by atoms with van der Waals surface area (Å²) in [5.41, 5.74) is 3.06. The number of hydrogen-bond acceptors (Lipinski definition) is 6. The second-order valence-electron chi connectivity index (χ2n) is 7.83. The predicted octanol–water partition coefficient (Wildman–Crippen LogP) is 3.52. The van der Waals surface area contributed by atoms with Crippen LogP contribution in [0.15, 0.2) is 34.9 Å². The molecule has 1 atom stereocenters. The van der Waals surface area contributed by atoms with Crippen LogP contribution in [0.5, 0.6) is 5.75 Å². The molecular formula is C22H27N5O3. The fraction of sp³-hybridized carbons (Fsp3) is 0.455. The van der Waals surface area contributed by atoms with E-state index in [1.54, 1.807) is 4.68 Å². The predicted molar refractivity (Wildman–Crippen MR) is 110 cm³/mol. The number of nitrogens with zero attached hydrogens (tertiary/aromatic N) is 5. The van der Waals surface area contributed by atoms with Crippen molar-refractivity contribution in [3.8, 4) is 5.75 Å². The molecule has 0 bridgehead atoms. The first-order chi connectivity index (χ1) is 14.5. The molecule has 1 aliphatic rings. The van der Waals surface area contributed by atoms with Crippen LogP contribution in [-0.2, 0) is 17.9 Å². The van der Waals surface area contributed by atoms with Gasteiger partial charge in [0.2, 0.25) is 5.91 Å². The van der Waals surface area contributed by atoms with Crippen LogP contribution in [0.1, 0.15) is 54.0 Å². The van der Waals surface area contributed by atoms with E-state index < -0.39 is 0 Å². The van der Waals surface area contributed by atoms with Gasteiger partial charge in [0.25, 0.3) is 5.89 Å². The van der Waals surface area contributed by atoms with Gasteiger partial charge in [-0.05, 0) is 58.2 Å². The van der Waals surface area contributed by atoms with Gasteiger partial charge in [-0.1, -0.05) is 22.9 Å². The highest BCUT2D eigenvalue weighted by Gasteiger charge is 2.31. The van der Waals surface area contributed by atoms with Crippen LogP contribution >= 0.6 is 0 Å². The smallest absolute Gasteiger partial charge is 0.264 e. The van der Waals surface area contributed by atoms with E-state index in [9.17, 15) is 4.79 Å². The minimum absolute atomic E-state index is 0.0214. The highest BCUT2D eigenvalue weighted by molar-refractivity contribution is 5.76. The number of aryl methyl sites for hydroxylation is 3. The summed E-state index contributed by atoms with van der Waals surface area (Å²) in [5.74, 6) is 1.72. The Bertz CT molecular complexity index is 1010. The van der Waals surface area contributed by atoms with Gasteiger partial charge in [-0.15, -0.1) is 0 Å². The summed E-state index contributed by atoms with van der Waals surface area (Å²) in [6.07, 6.45) is 2.82. The lowest BCUT2D eigenvalue weighted by Gasteiger charge is -2.33. The Labute approximate surface area is 175 Å². The zero-order chi connectivity index (χ0) is 21.1. The summed E-state index contributed by atoms with van der Waals surface area (Å²) in [4.78, 5) is 19.4. The largest absolute Gasteiger partial charge is 0.484 e. The summed E-state index contributed by atoms with van der Waals surface area (Å²) in [6, 6.07) is 9.59. The fourth-order valence-corrected chi connectivity index (χ4v) is 3.79. The van der Waals surface area contributed by atoms with E-state index in [-0.39, 0.29) is 25.1 Å². The van der Waals surface area contributed by atoms with Gasteiger partial charge in [0, 0.05) is 12.2 Å². The molecule has 8 heteroatoms. The molecule has 1 saturated heterocycles. The second-order valence-corrected chi connectivity index (χ2v) is 7.83. The van der Waals surface area contributed by atoms with Gasteiger partial charge in [-0.2, -0.15) is 10.1 Å². The number of piperidine rings is 1. The van der Waals surface area contributed by atoms with Crippen molar-refractivity contribution in [1.82, 2.24) is 24.8 Å². The van der Waals surface area contributed by atoms with Gasteiger partial charge in [0.05, 0.1) is 11.7 Å². The Morgan fingerprint density at radius 2 is 2.00 bits per heavy atom. The summed E-state index contributed by atoms with van der Waals surface area (Å²) >= 11 is 0. The molecule has 0 N–H and O–H groups in total. The van der Waals surface area contributed by atoms with Crippen molar-refractivity contribution < 1.29 is 14.1 Å². The lowest BCUT2D eigenvalue weighted by molar-refractivity contribution is -0.136. The van der Waals surface area contributed by atoms with Crippen LogP contribution in [0.4, 0.5) is 0 Å². The summed E-state index contributed by atoms with van der Waals surface area (Å²) < 4.78 is 12.9. The van der Waals surface area contributed by atoms with Crippen LogP contribution in [0, 0.1) is 20.8 Å². The standard InChI is InChI=1S/C22H27N5O3/c1-15-7-9-18(10-8-15)29-14-20-23-22(25-30-20)19-6-4-5-11-26(19)21(28)13-27-17(3)12-16(2)24-27/h7-10,12,19H,4-6,11,13-14H2,1-3H3. The maximum absolute atomic E-state index is 13.0. The third-order valence-corrected chi connectivity index (χ3v) is 5.38. The molecule has 1 amide bonds. The molecular weight excluding hydrogens is 382 g/mol.